The Balaban J connectivity index is 1.77. The van der Waals surface area contributed by atoms with Crippen LogP contribution in [0.2, 0.25) is 0 Å². The minimum atomic E-state index is -0.516. The fraction of sp³-hybridized carbons (Fsp3) is 0.323. The fourth-order valence-corrected chi connectivity index (χ4v) is 4.05. The predicted molar refractivity (Wildman–Crippen MR) is 149 cm³/mol. The van der Waals surface area contributed by atoms with Gasteiger partial charge in [-0.05, 0) is 46.2 Å². The Labute approximate surface area is 219 Å². The standard InChI is InChI=1S/C31H37N3O3/c1-30(2,3)24-17-21(18-25(28(24)36)31(4,5)6)20-32-34-27(35)19-26(22-13-9-7-10-14-22)33-29(37)23-15-11-8-12-16-23/h7-18,20,26,36H,19H2,1-6H3,(H,33,37)(H,34,35)/b32-20-/t26-/m0/s1. The lowest BCUT2D eigenvalue weighted by atomic mass is 9.78. The van der Waals surface area contributed by atoms with Gasteiger partial charge in [0.2, 0.25) is 5.91 Å². The summed E-state index contributed by atoms with van der Waals surface area (Å²) in [5.41, 5.74) is 5.83. The molecule has 37 heavy (non-hydrogen) atoms. The SMILES string of the molecule is CC(C)(C)c1cc(/C=N\NC(=O)C[C@H](NC(=O)c2ccccc2)c2ccccc2)cc(C(C)(C)C)c1O. The number of hydrogen-bond donors (Lipinski definition) is 3. The monoisotopic (exact) mass is 499 g/mol. The van der Waals surface area contributed by atoms with E-state index >= 15 is 0 Å². The zero-order valence-electron chi connectivity index (χ0n) is 22.5. The first-order valence-electron chi connectivity index (χ1n) is 12.5. The van der Waals surface area contributed by atoms with Crippen molar-refractivity contribution in [2.24, 2.45) is 5.10 Å². The largest absolute Gasteiger partial charge is 0.507 e. The van der Waals surface area contributed by atoms with E-state index in [9.17, 15) is 14.7 Å². The smallest absolute Gasteiger partial charge is 0.251 e. The molecule has 0 spiro atoms. The fourth-order valence-electron chi connectivity index (χ4n) is 4.05. The summed E-state index contributed by atoms with van der Waals surface area (Å²) < 4.78 is 0. The van der Waals surface area contributed by atoms with Crippen LogP contribution in [0.4, 0.5) is 0 Å². The number of phenols is 1. The van der Waals surface area contributed by atoms with Crippen molar-refractivity contribution < 1.29 is 14.7 Å². The molecule has 6 heteroatoms. The van der Waals surface area contributed by atoms with Gasteiger partial charge in [-0.15, -0.1) is 0 Å². The van der Waals surface area contributed by atoms with Gasteiger partial charge in [0.1, 0.15) is 5.75 Å². The number of amides is 2. The Hall–Kier alpha value is -3.93. The van der Waals surface area contributed by atoms with Crippen LogP contribution in [-0.2, 0) is 15.6 Å². The van der Waals surface area contributed by atoms with E-state index in [-0.39, 0.29) is 29.1 Å². The number of carbonyl (C=O) groups is 2. The Kier molecular flexibility index (Phi) is 8.53. The van der Waals surface area contributed by atoms with Crippen molar-refractivity contribution in [1.29, 1.82) is 0 Å². The first-order chi connectivity index (χ1) is 17.4. The number of nitrogens with one attached hydrogen (secondary N) is 2. The normalized spacial score (nSPS) is 12.8. The van der Waals surface area contributed by atoms with Crippen molar-refractivity contribution >= 4 is 18.0 Å². The average Bonchev–Trinajstić information content (AvgIpc) is 2.84. The number of rotatable bonds is 7. The summed E-state index contributed by atoms with van der Waals surface area (Å²) in [6.07, 6.45) is 1.61. The summed E-state index contributed by atoms with van der Waals surface area (Å²) in [5.74, 6) is -0.287. The molecule has 0 unspecified atom stereocenters. The van der Waals surface area contributed by atoms with Gasteiger partial charge in [-0.25, -0.2) is 5.43 Å². The highest BCUT2D eigenvalue weighted by molar-refractivity contribution is 5.94. The lowest BCUT2D eigenvalue weighted by molar-refractivity contribution is -0.121. The van der Waals surface area contributed by atoms with Gasteiger partial charge in [-0.3, -0.25) is 9.59 Å². The summed E-state index contributed by atoms with van der Waals surface area (Å²) >= 11 is 0. The Morgan fingerprint density at radius 1 is 0.865 bits per heavy atom. The summed E-state index contributed by atoms with van der Waals surface area (Å²) in [6.45, 7) is 12.3. The molecular weight excluding hydrogens is 462 g/mol. The molecule has 1 atom stereocenters. The van der Waals surface area contributed by atoms with Crippen molar-refractivity contribution in [3.05, 3.63) is 101 Å². The van der Waals surface area contributed by atoms with Gasteiger partial charge in [0.05, 0.1) is 18.7 Å². The number of phenolic OH excluding ortho intramolecular Hbond substituents is 1. The zero-order valence-corrected chi connectivity index (χ0v) is 22.5. The minimum Gasteiger partial charge on any atom is -0.507 e. The van der Waals surface area contributed by atoms with Crippen LogP contribution >= 0.6 is 0 Å². The summed E-state index contributed by atoms with van der Waals surface area (Å²) in [6, 6.07) is 21.6. The van der Waals surface area contributed by atoms with Crippen LogP contribution in [0.3, 0.4) is 0 Å². The molecule has 3 aromatic carbocycles. The third-order valence-corrected chi connectivity index (χ3v) is 6.08. The highest BCUT2D eigenvalue weighted by atomic mass is 16.3. The zero-order chi connectivity index (χ0) is 27.2. The van der Waals surface area contributed by atoms with Crippen molar-refractivity contribution in [1.82, 2.24) is 10.7 Å². The molecule has 0 heterocycles. The van der Waals surface area contributed by atoms with Crippen molar-refractivity contribution in [2.75, 3.05) is 0 Å². The minimum absolute atomic E-state index is 0.0238. The van der Waals surface area contributed by atoms with Gasteiger partial charge >= 0.3 is 0 Å². The molecule has 3 rings (SSSR count). The second kappa shape index (κ2) is 11.4. The van der Waals surface area contributed by atoms with Crippen LogP contribution < -0.4 is 10.7 Å². The van der Waals surface area contributed by atoms with Crippen LogP contribution in [0.25, 0.3) is 0 Å². The van der Waals surface area contributed by atoms with E-state index in [2.05, 4.69) is 15.8 Å². The Morgan fingerprint density at radius 2 is 1.38 bits per heavy atom. The molecule has 6 nitrogen and oxygen atoms in total. The van der Waals surface area contributed by atoms with E-state index in [1.165, 1.54) is 0 Å². The summed E-state index contributed by atoms with van der Waals surface area (Å²) in [7, 11) is 0. The Bertz CT molecular complexity index is 1220. The third kappa shape index (κ3) is 7.53. The summed E-state index contributed by atoms with van der Waals surface area (Å²) in [5, 5.41) is 18.1. The van der Waals surface area contributed by atoms with Crippen molar-refractivity contribution in [3.63, 3.8) is 0 Å². The van der Waals surface area contributed by atoms with Crippen LogP contribution in [0.5, 0.6) is 5.75 Å². The highest BCUT2D eigenvalue weighted by Gasteiger charge is 2.26. The number of hydrogen-bond acceptors (Lipinski definition) is 4. The molecule has 0 radical (unpaired) electrons. The van der Waals surface area contributed by atoms with Gasteiger partial charge < -0.3 is 10.4 Å². The number of nitrogens with zero attached hydrogens (tertiary/aromatic N) is 1. The highest BCUT2D eigenvalue weighted by Crippen LogP contribution is 2.39. The molecular formula is C31H37N3O3. The first kappa shape index (κ1) is 27.7. The van der Waals surface area contributed by atoms with E-state index in [0.717, 1.165) is 22.3 Å². The van der Waals surface area contributed by atoms with E-state index in [1.54, 1.807) is 30.5 Å². The van der Waals surface area contributed by atoms with Gasteiger partial charge in [0, 0.05) is 16.7 Å². The number of benzene rings is 3. The van der Waals surface area contributed by atoms with Gasteiger partial charge in [-0.2, -0.15) is 5.10 Å². The first-order valence-corrected chi connectivity index (χ1v) is 12.5. The van der Waals surface area contributed by atoms with E-state index in [1.807, 2.05) is 90.1 Å². The maximum absolute atomic E-state index is 12.8. The quantitative estimate of drug-likeness (QED) is 0.275. The third-order valence-electron chi connectivity index (χ3n) is 6.08. The molecule has 0 aliphatic heterocycles. The molecule has 0 saturated heterocycles. The summed E-state index contributed by atoms with van der Waals surface area (Å²) in [4.78, 5) is 25.6. The molecule has 2 amide bonds. The molecule has 0 aliphatic carbocycles. The van der Waals surface area contributed by atoms with E-state index < -0.39 is 6.04 Å². The van der Waals surface area contributed by atoms with Crippen LogP contribution in [0.1, 0.15) is 86.6 Å². The average molecular weight is 500 g/mol. The maximum Gasteiger partial charge on any atom is 0.251 e. The molecule has 0 bridgehead atoms. The van der Waals surface area contributed by atoms with Gasteiger partial charge in [0.25, 0.3) is 5.91 Å². The molecule has 3 N–H and O–H groups in total. The van der Waals surface area contributed by atoms with Crippen molar-refractivity contribution in [2.45, 2.75) is 64.8 Å². The molecule has 0 saturated carbocycles. The van der Waals surface area contributed by atoms with E-state index in [4.69, 9.17) is 0 Å². The Morgan fingerprint density at radius 3 is 1.89 bits per heavy atom. The van der Waals surface area contributed by atoms with Crippen LogP contribution in [-0.4, -0.2) is 23.1 Å². The molecule has 0 aromatic heterocycles. The lowest BCUT2D eigenvalue weighted by Crippen LogP contribution is -2.32. The number of carbonyl (C=O) groups excluding carboxylic acids is 2. The molecule has 0 fully saturated rings. The topological polar surface area (TPSA) is 90.8 Å². The number of aromatic hydroxyl groups is 1. The maximum atomic E-state index is 12.8. The van der Waals surface area contributed by atoms with Crippen molar-refractivity contribution in [3.8, 4) is 5.75 Å². The van der Waals surface area contributed by atoms with E-state index in [0.29, 0.717) is 11.3 Å². The molecule has 194 valence electrons. The predicted octanol–water partition coefficient (Wildman–Crippen LogP) is 6.00. The number of hydrazone groups is 1. The van der Waals surface area contributed by atoms with Crippen LogP contribution in [0, 0.1) is 0 Å². The van der Waals surface area contributed by atoms with Crippen LogP contribution in [0.15, 0.2) is 77.9 Å². The second-order valence-electron chi connectivity index (χ2n) is 11.3. The van der Waals surface area contributed by atoms with Gasteiger partial charge in [-0.1, -0.05) is 90.1 Å². The molecule has 3 aromatic rings. The molecule has 0 aliphatic rings. The lowest BCUT2D eigenvalue weighted by Gasteiger charge is -2.27. The second-order valence-corrected chi connectivity index (χ2v) is 11.3. The van der Waals surface area contributed by atoms with Gasteiger partial charge in [0.15, 0.2) is 0 Å².